The van der Waals surface area contributed by atoms with Crippen molar-refractivity contribution in [3.05, 3.63) is 92.7 Å². The summed E-state index contributed by atoms with van der Waals surface area (Å²) in [6, 6.07) is 12.1. The van der Waals surface area contributed by atoms with Crippen molar-refractivity contribution in [1.82, 2.24) is 34.9 Å². The number of halogens is 4. The monoisotopic (exact) mass is 1280 g/mol. The summed E-state index contributed by atoms with van der Waals surface area (Å²) < 4.78 is 181. The number of benzene rings is 5. The Morgan fingerprint density at radius 1 is 0.550 bits per heavy atom. The zero-order valence-electron chi connectivity index (χ0n) is 38.9. The lowest BCUT2D eigenvalue weighted by Crippen LogP contribution is -2.19. The largest absolute Gasteiger partial charge is 0.451 e. The normalized spacial score (nSPS) is 13.0. The maximum atomic E-state index is 13.0. The Kier molecular flexibility index (Phi) is 15.6. The Morgan fingerprint density at radius 3 is 1.62 bits per heavy atom. The zero-order chi connectivity index (χ0) is 57.9. The van der Waals surface area contributed by atoms with Gasteiger partial charge in [-0.2, -0.15) is 72.0 Å². The van der Waals surface area contributed by atoms with E-state index >= 15 is 0 Å². The summed E-state index contributed by atoms with van der Waals surface area (Å²) in [5.74, 6) is -1.18. The van der Waals surface area contributed by atoms with E-state index in [0.29, 0.717) is 23.5 Å². The standard InChI is InChI=1S/C40H30Cl4N14O17S5/c41-27-30-33(75-31-22(50-30)7-8-23(34(31)80(71,72)73)46-10-12-48-38-54-36(44)56-40(58-38)52-21-6-3-18(77(62,63)64)15-26(21)79(68,69)70)28(42)29-32(27)74-24-13-16(1-4-19(24)49-29)45-9-11-47-37-53-35(43)55-39(57-37)51-20-5-2-17(76(59,60)61)14-25(20)78(65,66)67/h1-8,13-15,45,49H,9-12H2,(H,59,60,61)(H,62,63,64)(H,65,66,67)(H,68,69,70)(H,71,72,73)(H2,47,51,53,55,57)(H2,48,52,54,56,58). The second-order valence-corrected chi connectivity index (χ2v) is 24.4. The molecule has 2 aromatic heterocycles. The average Bonchev–Trinajstić information content (AvgIpc) is 3.35. The van der Waals surface area contributed by atoms with Crippen LogP contribution in [0.4, 0.5) is 52.2 Å². The first-order chi connectivity index (χ1) is 37.4. The second-order valence-electron chi connectivity index (χ2n) is 16.0. The average molecular weight is 1280 g/mol. The molecule has 0 radical (unpaired) electrons. The van der Waals surface area contributed by atoms with Crippen molar-refractivity contribution in [3.63, 3.8) is 0 Å². The van der Waals surface area contributed by atoms with Gasteiger partial charge >= 0.3 is 10.1 Å². The number of anilines is 9. The van der Waals surface area contributed by atoms with Crippen LogP contribution in [-0.2, 0) is 50.6 Å². The first-order valence-electron chi connectivity index (χ1n) is 21.5. The van der Waals surface area contributed by atoms with Gasteiger partial charge in [-0.3, -0.25) is 27.8 Å². The van der Waals surface area contributed by atoms with Gasteiger partial charge in [-0.05, 0) is 83.9 Å². The third-order valence-electron chi connectivity index (χ3n) is 10.7. The fourth-order valence-electron chi connectivity index (χ4n) is 7.32. The molecule has 0 saturated heterocycles. The predicted molar refractivity (Wildman–Crippen MR) is 285 cm³/mol. The summed E-state index contributed by atoms with van der Waals surface area (Å²) in [4.78, 5) is 28.2. The molecular formula is C40H30Cl4N14O17S5. The van der Waals surface area contributed by atoms with Crippen LogP contribution in [0.25, 0.3) is 22.6 Å². The van der Waals surface area contributed by atoms with E-state index in [-0.39, 0.29) is 104 Å². The van der Waals surface area contributed by atoms with Crippen LogP contribution in [0, 0.1) is 0 Å². The molecule has 3 aliphatic rings. The smallest absolute Gasteiger partial charge is 0.300 e. The molecule has 11 N–H and O–H groups in total. The van der Waals surface area contributed by atoms with E-state index in [1.165, 1.54) is 12.1 Å². The highest BCUT2D eigenvalue weighted by molar-refractivity contribution is 7.87. The minimum atomic E-state index is -5.12. The summed E-state index contributed by atoms with van der Waals surface area (Å²) >= 11 is 25.9. The lowest BCUT2D eigenvalue weighted by Gasteiger charge is -2.25. The van der Waals surface area contributed by atoms with E-state index in [4.69, 9.17) is 55.6 Å². The maximum absolute atomic E-state index is 13.0. The van der Waals surface area contributed by atoms with Gasteiger partial charge in [0.1, 0.15) is 36.7 Å². The molecule has 0 bridgehead atoms. The van der Waals surface area contributed by atoms with Gasteiger partial charge < -0.3 is 41.1 Å². The Labute approximate surface area is 469 Å². The minimum absolute atomic E-state index is 0.0143. The summed E-state index contributed by atoms with van der Waals surface area (Å²) in [7, 11) is -24.9. The molecule has 4 aromatic carbocycles. The summed E-state index contributed by atoms with van der Waals surface area (Å²) in [6.07, 6.45) is 0. The molecule has 0 fully saturated rings. The van der Waals surface area contributed by atoms with Crippen molar-refractivity contribution < 1.29 is 74.0 Å². The van der Waals surface area contributed by atoms with Crippen LogP contribution in [0.15, 0.2) is 101 Å². The maximum Gasteiger partial charge on any atom is 0.300 e. The number of ether oxygens (including phenoxy) is 1. The number of aromatic nitrogens is 7. The van der Waals surface area contributed by atoms with Gasteiger partial charge in [-0.25, -0.2) is 4.98 Å². The topological polar surface area (TPSA) is 469 Å². The Bertz CT molecular complexity index is 4530. The quantitative estimate of drug-likeness (QED) is 0.0265. The Hall–Kier alpha value is -7.17. The number of fused-ring (bicyclic) bond motifs is 4. The lowest BCUT2D eigenvalue weighted by atomic mass is 10.1. The van der Waals surface area contributed by atoms with Gasteiger partial charge in [0.15, 0.2) is 27.7 Å². The first kappa shape index (κ1) is 57.5. The molecule has 4 heterocycles. The van der Waals surface area contributed by atoms with Crippen LogP contribution in [0.1, 0.15) is 0 Å². The first-order valence-corrected chi connectivity index (χ1v) is 30.2. The highest BCUT2D eigenvalue weighted by Crippen LogP contribution is 2.53. The highest BCUT2D eigenvalue weighted by Gasteiger charge is 2.32. The molecular weight excluding hydrogens is 1250 g/mol. The number of nitrogens with zero attached hydrogens (tertiary/aromatic N) is 8. The van der Waals surface area contributed by atoms with Crippen LogP contribution in [-0.4, -0.2) is 126 Å². The summed E-state index contributed by atoms with van der Waals surface area (Å²) in [5, 5.41) is 15.6. The molecule has 1 aliphatic carbocycles. The second kappa shape index (κ2) is 21.7. The molecule has 0 atom stereocenters. The van der Waals surface area contributed by atoms with E-state index in [9.17, 15) is 64.9 Å². The highest BCUT2D eigenvalue weighted by atomic mass is 35.5. The molecule has 40 heteroatoms. The fourth-order valence-corrected chi connectivity index (χ4v) is 11.4. The van der Waals surface area contributed by atoms with E-state index in [0.717, 1.165) is 24.3 Å². The summed E-state index contributed by atoms with van der Waals surface area (Å²) in [6.45, 7) is 0.00289. The van der Waals surface area contributed by atoms with Gasteiger partial charge in [-0.1, -0.05) is 23.2 Å². The van der Waals surface area contributed by atoms with Crippen LogP contribution in [0.5, 0.6) is 11.5 Å². The van der Waals surface area contributed by atoms with Crippen molar-refractivity contribution in [2.24, 2.45) is 4.99 Å². The van der Waals surface area contributed by atoms with E-state index in [2.05, 4.69) is 71.8 Å². The fraction of sp³-hybridized carbons (Fsp3) is 0.100. The molecule has 2 aliphatic heterocycles. The molecule has 0 saturated carbocycles. The third-order valence-corrected chi connectivity index (χ3v) is 16.1. The molecule has 80 heavy (non-hydrogen) atoms. The van der Waals surface area contributed by atoms with Gasteiger partial charge in [0, 0.05) is 31.4 Å². The molecule has 0 spiro atoms. The van der Waals surface area contributed by atoms with Crippen LogP contribution >= 0.6 is 46.4 Å². The van der Waals surface area contributed by atoms with E-state index < -0.39 is 97.7 Å². The van der Waals surface area contributed by atoms with Crippen LogP contribution in [0.3, 0.4) is 0 Å². The Balaban J connectivity index is 0.888. The van der Waals surface area contributed by atoms with Crippen molar-refractivity contribution in [2.75, 3.05) is 58.1 Å². The molecule has 31 nitrogen and oxygen atoms in total. The molecule has 0 unspecified atom stereocenters. The van der Waals surface area contributed by atoms with Crippen molar-refractivity contribution in [2.45, 2.75) is 24.5 Å². The molecule has 0 amide bonds. The van der Waals surface area contributed by atoms with Crippen molar-refractivity contribution in [3.8, 4) is 23.0 Å². The van der Waals surface area contributed by atoms with Gasteiger partial charge in [0.2, 0.25) is 34.4 Å². The third kappa shape index (κ3) is 12.7. The van der Waals surface area contributed by atoms with Crippen molar-refractivity contribution in [1.29, 1.82) is 0 Å². The molecule has 6 aromatic rings. The van der Waals surface area contributed by atoms with Gasteiger partial charge in [0.25, 0.3) is 40.5 Å². The summed E-state index contributed by atoms with van der Waals surface area (Å²) in [5.41, 5.74) is -0.129. The Morgan fingerprint density at radius 2 is 1.09 bits per heavy atom. The van der Waals surface area contributed by atoms with Gasteiger partial charge in [-0.15, -0.1) is 0 Å². The number of hydrogen-bond donors (Lipinski definition) is 11. The number of hydrogen-bond acceptors (Lipinski definition) is 26. The SMILES string of the molecule is O=S(=O)(O)c1ccc(Nc2nc(Cl)nc(NCCN=c3ccc4nc5c(Cl)c6c(c(Cl)c5oc-4c3S(=O)(=O)O)Nc3ccc(NCCNc4nc(Cl)nc(Nc5ccc(S(=O)(=O)O)cc5S(=O)(=O)O)n4)cc3O6)n2)c(S(=O)(=O)O)c1. The molecule has 9 rings (SSSR count). The van der Waals surface area contributed by atoms with Gasteiger partial charge in [0.05, 0.1) is 38.8 Å². The van der Waals surface area contributed by atoms with Crippen LogP contribution in [0.2, 0.25) is 20.6 Å². The van der Waals surface area contributed by atoms with E-state index in [1.807, 2.05) is 0 Å². The van der Waals surface area contributed by atoms with Crippen LogP contribution < -0.4 is 42.0 Å². The molecule has 420 valence electrons. The minimum Gasteiger partial charge on any atom is -0.451 e. The zero-order valence-corrected chi connectivity index (χ0v) is 46.1. The van der Waals surface area contributed by atoms with Crippen molar-refractivity contribution >= 4 is 160 Å². The lowest BCUT2D eigenvalue weighted by molar-refractivity contribution is 0.474. The predicted octanol–water partition coefficient (Wildman–Crippen LogP) is 6.02. The number of nitrogens with one attached hydrogen (secondary N) is 6. The number of rotatable bonds is 18. The van der Waals surface area contributed by atoms with E-state index in [1.54, 1.807) is 18.2 Å².